The van der Waals surface area contributed by atoms with Crippen molar-refractivity contribution < 1.29 is 9.36 Å². The molecule has 9 heteroatoms. The average molecular weight is 531 g/mol. The first-order valence-electron chi connectivity index (χ1n) is 12.1. The van der Waals surface area contributed by atoms with E-state index < -0.39 is 0 Å². The van der Waals surface area contributed by atoms with Crippen LogP contribution in [0.2, 0.25) is 0 Å². The molecule has 37 heavy (non-hydrogen) atoms. The molecule has 2 aliphatic rings. The normalized spacial score (nSPS) is 19.5. The molecule has 0 radical (unpaired) electrons. The fourth-order valence-corrected chi connectivity index (χ4v) is 6.64. The molecule has 0 unspecified atom stereocenters. The number of carbonyl (C=O) groups is 1. The first-order valence-corrected chi connectivity index (χ1v) is 13.8. The van der Waals surface area contributed by atoms with Gasteiger partial charge in [-0.3, -0.25) is 19.1 Å². The van der Waals surface area contributed by atoms with E-state index in [9.17, 15) is 9.59 Å². The summed E-state index contributed by atoms with van der Waals surface area (Å²) in [7, 11) is 3.94. The number of aromatic nitrogens is 2. The van der Waals surface area contributed by atoms with Crippen LogP contribution in [-0.4, -0.2) is 34.1 Å². The van der Waals surface area contributed by atoms with Crippen LogP contribution in [0.4, 0.5) is 11.5 Å². The van der Waals surface area contributed by atoms with E-state index >= 15 is 0 Å². The summed E-state index contributed by atoms with van der Waals surface area (Å²) >= 11 is 2.68. The van der Waals surface area contributed by atoms with Crippen LogP contribution in [0, 0.1) is 0 Å². The molecule has 2 aliphatic heterocycles. The maximum Gasteiger partial charge on any atom is 0.326 e. The van der Waals surface area contributed by atoms with Gasteiger partial charge in [0.25, 0.3) is 16.6 Å². The highest BCUT2D eigenvalue weighted by molar-refractivity contribution is 8.23. The minimum atomic E-state index is -0.121. The van der Waals surface area contributed by atoms with E-state index in [2.05, 4.69) is 23.1 Å². The van der Waals surface area contributed by atoms with Gasteiger partial charge in [0.15, 0.2) is 0 Å². The molecule has 1 saturated heterocycles. The molecule has 0 N–H and O–H groups in total. The Labute approximate surface area is 223 Å². The van der Waals surface area contributed by atoms with Crippen molar-refractivity contribution in [1.29, 1.82) is 0 Å². The number of rotatable bonds is 4. The number of benzene rings is 1. The molecule has 1 fully saturated rings. The Morgan fingerprint density at radius 2 is 1.78 bits per heavy atom. The monoisotopic (exact) mass is 530 g/mol. The van der Waals surface area contributed by atoms with Gasteiger partial charge in [-0.15, -0.1) is 11.3 Å². The lowest BCUT2D eigenvalue weighted by molar-refractivity contribution is -0.658. The standard InChI is InChI=1S/C28H28N5O2S2/c1-5-32-25(34)22(17-16-20-15-14-19-11-7-8-12-21(19)31(20)4)36-27(32)24-26(35)33(6-2)28(37-24)29-23-13-9-10-18-30(23)3/h7-18H,5-6H2,1-4H3/q+1/b20-16+,22-17-,27-24-. The Morgan fingerprint density at radius 1 is 1.00 bits per heavy atom. The molecule has 4 heterocycles. The Kier molecular flexibility index (Phi) is 6.99. The Morgan fingerprint density at radius 3 is 2.54 bits per heavy atom. The van der Waals surface area contributed by atoms with Crippen LogP contribution >= 0.6 is 23.1 Å². The number of pyridine rings is 1. The maximum atomic E-state index is 13.4. The molecule has 188 valence electrons. The predicted octanol–water partition coefficient (Wildman–Crippen LogP) is 2.97. The van der Waals surface area contributed by atoms with Crippen LogP contribution in [0.1, 0.15) is 19.4 Å². The Balaban J connectivity index is 1.59. The van der Waals surface area contributed by atoms with Gasteiger partial charge in [0, 0.05) is 37.6 Å². The van der Waals surface area contributed by atoms with Crippen molar-refractivity contribution in [3.05, 3.63) is 91.6 Å². The summed E-state index contributed by atoms with van der Waals surface area (Å²) in [5.41, 5.74) is 3.16. The number of allylic oxidation sites excluding steroid dienone is 2. The molecule has 0 saturated carbocycles. The number of aliphatic imine (C=N–C) groups is 1. The van der Waals surface area contributed by atoms with Crippen molar-refractivity contribution in [3.8, 4) is 0 Å². The van der Waals surface area contributed by atoms with Gasteiger partial charge in [0.1, 0.15) is 9.57 Å². The van der Waals surface area contributed by atoms with Gasteiger partial charge < -0.3 is 4.90 Å². The number of thioether (sulfide) groups is 1. The molecular formula is C28H28N5O2S2+. The summed E-state index contributed by atoms with van der Waals surface area (Å²) in [6.07, 6.45) is 9.86. The Bertz CT molecular complexity index is 1660. The molecule has 3 aromatic rings. The highest BCUT2D eigenvalue weighted by Crippen LogP contribution is 2.32. The summed E-state index contributed by atoms with van der Waals surface area (Å²) in [5.74, 6) is 0.633. The van der Waals surface area contributed by atoms with Crippen LogP contribution in [-0.2, 0) is 18.4 Å². The van der Waals surface area contributed by atoms with Crippen LogP contribution in [0.25, 0.3) is 17.1 Å². The molecular weight excluding hydrogens is 502 g/mol. The third-order valence-electron chi connectivity index (χ3n) is 6.36. The van der Waals surface area contributed by atoms with Gasteiger partial charge in [-0.1, -0.05) is 30.3 Å². The molecule has 2 aromatic heterocycles. The van der Waals surface area contributed by atoms with Gasteiger partial charge in [-0.05, 0) is 66.5 Å². The average Bonchev–Trinajstić information content (AvgIpc) is 3.39. The second kappa shape index (κ2) is 10.4. The third-order valence-corrected chi connectivity index (χ3v) is 8.70. The molecule has 1 amide bonds. The van der Waals surface area contributed by atoms with E-state index in [0.29, 0.717) is 32.4 Å². The van der Waals surface area contributed by atoms with Crippen LogP contribution < -0.4 is 24.2 Å². The molecule has 7 nitrogen and oxygen atoms in total. The second-order valence-electron chi connectivity index (χ2n) is 8.57. The van der Waals surface area contributed by atoms with Gasteiger partial charge in [0.2, 0.25) is 0 Å². The van der Waals surface area contributed by atoms with Gasteiger partial charge in [0.05, 0.1) is 17.8 Å². The Hall–Kier alpha value is -3.69. The number of para-hydroxylation sites is 1. The predicted molar refractivity (Wildman–Crippen MR) is 153 cm³/mol. The van der Waals surface area contributed by atoms with E-state index in [4.69, 9.17) is 4.99 Å². The number of likely N-dealkylation sites (N-methyl/N-ethyl adjacent to an activating group) is 1. The summed E-state index contributed by atoms with van der Waals surface area (Å²) in [6.45, 7) is 4.83. The van der Waals surface area contributed by atoms with E-state index in [0.717, 1.165) is 22.8 Å². The lowest BCUT2D eigenvalue weighted by atomic mass is 10.1. The second-order valence-corrected chi connectivity index (χ2v) is 10.6. The molecule has 0 bridgehead atoms. The first kappa shape index (κ1) is 25.0. The number of fused-ring (bicyclic) bond motifs is 1. The highest BCUT2D eigenvalue weighted by Gasteiger charge is 2.38. The number of hydrogen-bond acceptors (Lipinski definition) is 6. The van der Waals surface area contributed by atoms with Gasteiger partial charge in [-0.2, -0.15) is 0 Å². The summed E-state index contributed by atoms with van der Waals surface area (Å²) in [6, 6.07) is 14.0. The number of nitrogens with zero attached hydrogens (tertiary/aromatic N) is 5. The van der Waals surface area contributed by atoms with Crippen molar-refractivity contribution >= 4 is 62.7 Å². The minimum absolute atomic E-state index is 0.0917. The van der Waals surface area contributed by atoms with E-state index in [-0.39, 0.29) is 11.5 Å². The van der Waals surface area contributed by atoms with Crippen molar-refractivity contribution in [3.63, 3.8) is 0 Å². The van der Waals surface area contributed by atoms with Crippen molar-refractivity contribution in [1.82, 2.24) is 9.47 Å². The van der Waals surface area contributed by atoms with Crippen LogP contribution in [0.5, 0.6) is 0 Å². The quantitative estimate of drug-likeness (QED) is 0.487. The largest absolute Gasteiger partial charge is 0.344 e. The van der Waals surface area contributed by atoms with E-state index in [1.165, 1.54) is 23.1 Å². The number of amidine groups is 1. The summed E-state index contributed by atoms with van der Waals surface area (Å²) < 4.78 is 4.86. The minimum Gasteiger partial charge on any atom is -0.344 e. The summed E-state index contributed by atoms with van der Waals surface area (Å²) in [4.78, 5) is 35.8. The molecule has 0 spiro atoms. The number of aryl methyl sites for hydroxylation is 1. The lowest BCUT2D eigenvalue weighted by Crippen LogP contribution is -2.33. The number of carbonyl (C=O) groups excluding carboxylic acids is 1. The van der Waals surface area contributed by atoms with Crippen LogP contribution in [0.3, 0.4) is 0 Å². The van der Waals surface area contributed by atoms with Crippen LogP contribution in [0.15, 0.2) is 76.3 Å². The van der Waals surface area contributed by atoms with E-state index in [1.54, 1.807) is 9.47 Å². The fourth-order valence-electron chi connectivity index (χ4n) is 4.30. The molecule has 1 aromatic carbocycles. The smallest absolute Gasteiger partial charge is 0.326 e. The molecule has 5 rings (SSSR count). The zero-order chi connectivity index (χ0) is 26.1. The number of hydrogen-bond donors (Lipinski definition) is 0. The van der Waals surface area contributed by atoms with Crippen molar-refractivity contribution in [2.45, 2.75) is 20.4 Å². The summed E-state index contributed by atoms with van der Waals surface area (Å²) in [5, 5.41) is 0.619. The first-order chi connectivity index (χ1) is 17.9. The van der Waals surface area contributed by atoms with Gasteiger partial charge in [-0.25, -0.2) is 4.57 Å². The zero-order valence-electron chi connectivity index (χ0n) is 21.2. The third kappa shape index (κ3) is 4.60. The SMILES string of the molecule is CCN1C(=O)/C(=c2/s/c(=C\C=C3/C=Cc4ccccc4N3C)c(=O)n2CC)S/C1=N\c1cccc[n+]1C. The topological polar surface area (TPSA) is 61.8 Å². The maximum absolute atomic E-state index is 13.4. The van der Waals surface area contributed by atoms with Crippen molar-refractivity contribution in [2.24, 2.45) is 12.0 Å². The lowest BCUT2D eigenvalue weighted by Gasteiger charge is -2.25. The number of thiazole rings is 1. The van der Waals surface area contributed by atoms with Crippen molar-refractivity contribution in [2.75, 3.05) is 18.5 Å². The number of anilines is 1. The highest BCUT2D eigenvalue weighted by atomic mass is 32.2. The zero-order valence-corrected chi connectivity index (χ0v) is 22.8. The molecule has 0 atom stereocenters. The fraction of sp³-hybridized carbons (Fsp3) is 0.214. The molecule has 0 aliphatic carbocycles. The van der Waals surface area contributed by atoms with Gasteiger partial charge >= 0.3 is 5.82 Å². The van der Waals surface area contributed by atoms with E-state index in [1.807, 2.05) is 87.3 Å². The number of amides is 1.